The maximum atomic E-state index is 13.2. The van der Waals surface area contributed by atoms with E-state index in [1.165, 1.54) is 0 Å². The van der Waals surface area contributed by atoms with E-state index in [1.54, 1.807) is 4.90 Å². The third kappa shape index (κ3) is 4.47. The number of nitrogens with zero attached hydrogens (tertiary/aromatic N) is 1. The van der Waals surface area contributed by atoms with E-state index >= 15 is 0 Å². The third-order valence-electron chi connectivity index (χ3n) is 6.08. The number of rotatable bonds is 6. The van der Waals surface area contributed by atoms with Crippen molar-refractivity contribution in [3.8, 4) is 11.5 Å². The molecule has 6 nitrogen and oxygen atoms in total. The highest BCUT2D eigenvalue weighted by Gasteiger charge is 2.43. The van der Waals surface area contributed by atoms with E-state index in [2.05, 4.69) is 20.8 Å². The van der Waals surface area contributed by atoms with Gasteiger partial charge in [-0.05, 0) is 40.2 Å². The molecular formula is C27H31NO5. The van der Waals surface area contributed by atoms with Gasteiger partial charge < -0.3 is 19.5 Å². The van der Waals surface area contributed by atoms with Crippen molar-refractivity contribution >= 4 is 11.7 Å². The van der Waals surface area contributed by atoms with Crippen molar-refractivity contribution in [2.45, 2.75) is 59.0 Å². The Kier molecular flexibility index (Phi) is 5.95. The number of ether oxygens (including phenoxy) is 2. The van der Waals surface area contributed by atoms with Crippen LogP contribution in [0.1, 0.15) is 63.8 Å². The highest BCUT2D eigenvalue weighted by Crippen LogP contribution is 2.41. The van der Waals surface area contributed by atoms with E-state index in [9.17, 15) is 14.7 Å². The minimum absolute atomic E-state index is 0.0233. The molecule has 0 spiro atoms. The molecule has 1 amide bonds. The van der Waals surface area contributed by atoms with Crippen molar-refractivity contribution < 1.29 is 24.2 Å². The number of aliphatic hydroxyl groups excluding tert-OH is 1. The maximum absolute atomic E-state index is 13.2. The van der Waals surface area contributed by atoms with Gasteiger partial charge in [0, 0.05) is 13.0 Å². The second-order valence-electron chi connectivity index (χ2n) is 10.2. The lowest BCUT2D eigenvalue weighted by molar-refractivity contribution is -0.130. The second-order valence-corrected chi connectivity index (χ2v) is 10.2. The standard InChI is InChI=1S/C27H31NO5/c1-16(2)12-20(29)23-24(18-7-9-19(10-8-18)27(3,4)5)28(26(31)25(23)30)14-17-6-11-21-22(13-17)33-15-32-21/h6-11,13,16,24,30H,12,14-15H2,1-5H3. The average molecular weight is 450 g/mol. The lowest BCUT2D eigenvalue weighted by Gasteiger charge is -2.28. The zero-order valence-corrected chi connectivity index (χ0v) is 19.8. The maximum Gasteiger partial charge on any atom is 0.290 e. The van der Waals surface area contributed by atoms with Crippen LogP contribution in [0.15, 0.2) is 53.8 Å². The molecule has 2 aliphatic rings. The van der Waals surface area contributed by atoms with Crippen molar-refractivity contribution in [3.63, 3.8) is 0 Å². The van der Waals surface area contributed by atoms with Crippen LogP contribution in [0.2, 0.25) is 0 Å². The van der Waals surface area contributed by atoms with Gasteiger partial charge in [-0.1, -0.05) is 65.0 Å². The summed E-state index contributed by atoms with van der Waals surface area (Å²) in [5, 5.41) is 10.8. The van der Waals surface area contributed by atoms with Crippen molar-refractivity contribution in [1.82, 2.24) is 4.90 Å². The molecule has 0 aromatic heterocycles. The topological polar surface area (TPSA) is 76.1 Å². The fraction of sp³-hybridized carbons (Fsp3) is 0.407. The Hall–Kier alpha value is -3.28. The van der Waals surface area contributed by atoms with Gasteiger partial charge >= 0.3 is 0 Å². The lowest BCUT2D eigenvalue weighted by Crippen LogP contribution is -2.31. The first kappa shape index (κ1) is 22.9. The predicted octanol–water partition coefficient (Wildman–Crippen LogP) is 5.22. The van der Waals surface area contributed by atoms with Gasteiger partial charge in [-0.2, -0.15) is 0 Å². The van der Waals surface area contributed by atoms with Crippen LogP contribution in [0.4, 0.5) is 0 Å². The zero-order valence-electron chi connectivity index (χ0n) is 19.8. The monoisotopic (exact) mass is 449 g/mol. The molecule has 174 valence electrons. The number of ketones is 1. The molecule has 0 fully saturated rings. The molecule has 33 heavy (non-hydrogen) atoms. The van der Waals surface area contributed by atoms with Crippen LogP contribution in [0.25, 0.3) is 0 Å². The van der Waals surface area contributed by atoms with Crippen LogP contribution in [-0.4, -0.2) is 28.5 Å². The van der Waals surface area contributed by atoms with Gasteiger partial charge in [-0.3, -0.25) is 9.59 Å². The summed E-state index contributed by atoms with van der Waals surface area (Å²) in [6, 6.07) is 12.8. The van der Waals surface area contributed by atoms with Gasteiger partial charge in [0.25, 0.3) is 5.91 Å². The smallest absolute Gasteiger partial charge is 0.290 e. The van der Waals surface area contributed by atoms with Gasteiger partial charge in [0.05, 0.1) is 11.6 Å². The number of benzene rings is 2. The summed E-state index contributed by atoms with van der Waals surface area (Å²) in [5.41, 5.74) is 2.94. The molecule has 1 N–H and O–H groups in total. The molecule has 0 aliphatic carbocycles. The normalized spacial score (nSPS) is 17.9. The molecule has 2 aliphatic heterocycles. The van der Waals surface area contributed by atoms with Crippen molar-refractivity contribution in [3.05, 3.63) is 70.5 Å². The summed E-state index contributed by atoms with van der Waals surface area (Å²) in [6.07, 6.45) is 0.265. The summed E-state index contributed by atoms with van der Waals surface area (Å²) in [6.45, 7) is 10.7. The molecule has 1 atom stereocenters. The van der Waals surface area contributed by atoms with E-state index < -0.39 is 17.7 Å². The van der Waals surface area contributed by atoms with Crippen molar-refractivity contribution in [2.75, 3.05) is 6.79 Å². The van der Waals surface area contributed by atoms with Crippen molar-refractivity contribution in [1.29, 1.82) is 0 Å². The Bertz CT molecular complexity index is 1110. The predicted molar refractivity (Wildman–Crippen MR) is 125 cm³/mol. The number of hydrogen-bond acceptors (Lipinski definition) is 5. The van der Waals surface area contributed by atoms with Crippen LogP contribution >= 0.6 is 0 Å². The first-order valence-electron chi connectivity index (χ1n) is 11.3. The minimum Gasteiger partial charge on any atom is -0.503 e. The summed E-state index contributed by atoms with van der Waals surface area (Å²) in [4.78, 5) is 27.9. The molecule has 2 heterocycles. The van der Waals surface area contributed by atoms with Gasteiger partial charge in [-0.25, -0.2) is 0 Å². The Morgan fingerprint density at radius 1 is 1.09 bits per heavy atom. The Balaban J connectivity index is 1.73. The van der Waals surface area contributed by atoms with Crippen LogP contribution < -0.4 is 9.47 Å². The van der Waals surface area contributed by atoms with Gasteiger partial charge in [0.1, 0.15) is 0 Å². The molecule has 0 bridgehead atoms. The van der Waals surface area contributed by atoms with Crippen LogP contribution in [0.5, 0.6) is 11.5 Å². The summed E-state index contributed by atoms with van der Waals surface area (Å²) < 4.78 is 10.9. The largest absolute Gasteiger partial charge is 0.503 e. The first-order chi connectivity index (χ1) is 15.6. The molecule has 6 heteroatoms. The van der Waals surface area contributed by atoms with E-state index in [0.29, 0.717) is 11.5 Å². The molecular weight excluding hydrogens is 418 g/mol. The number of Topliss-reactive ketones (excluding diaryl/α,β-unsaturated/α-hetero) is 1. The van der Waals surface area contributed by atoms with Crippen LogP contribution in [-0.2, 0) is 21.5 Å². The van der Waals surface area contributed by atoms with Crippen LogP contribution in [0, 0.1) is 5.92 Å². The third-order valence-corrected chi connectivity index (χ3v) is 6.08. The fourth-order valence-electron chi connectivity index (χ4n) is 4.33. The Morgan fingerprint density at radius 3 is 2.39 bits per heavy atom. The molecule has 4 rings (SSSR count). The number of aliphatic hydroxyl groups is 1. The van der Waals surface area contributed by atoms with Gasteiger partial charge in [0.15, 0.2) is 23.0 Å². The number of amides is 1. The Morgan fingerprint density at radius 2 is 1.76 bits per heavy atom. The quantitative estimate of drug-likeness (QED) is 0.654. The highest BCUT2D eigenvalue weighted by molar-refractivity contribution is 6.09. The SMILES string of the molecule is CC(C)CC(=O)C1=C(O)C(=O)N(Cc2ccc3c(c2)OCO3)C1c1ccc(C(C)(C)C)cc1. The molecule has 2 aromatic carbocycles. The summed E-state index contributed by atoms with van der Waals surface area (Å²) in [5.74, 6) is 0.206. The summed E-state index contributed by atoms with van der Waals surface area (Å²) in [7, 11) is 0. The molecule has 0 saturated heterocycles. The number of carbonyl (C=O) groups is 2. The van der Waals surface area contributed by atoms with E-state index in [-0.39, 0.29) is 42.4 Å². The summed E-state index contributed by atoms with van der Waals surface area (Å²) >= 11 is 0. The first-order valence-corrected chi connectivity index (χ1v) is 11.3. The lowest BCUT2D eigenvalue weighted by atomic mass is 9.85. The molecule has 1 unspecified atom stereocenters. The number of hydrogen-bond donors (Lipinski definition) is 1. The molecule has 2 aromatic rings. The average Bonchev–Trinajstić information content (AvgIpc) is 3.30. The minimum atomic E-state index is -0.650. The van der Waals surface area contributed by atoms with E-state index in [1.807, 2.05) is 56.3 Å². The highest BCUT2D eigenvalue weighted by atomic mass is 16.7. The van der Waals surface area contributed by atoms with Crippen LogP contribution in [0.3, 0.4) is 0 Å². The Labute approximate surface area is 194 Å². The van der Waals surface area contributed by atoms with E-state index in [0.717, 1.165) is 16.7 Å². The molecule has 0 saturated carbocycles. The van der Waals surface area contributed by atoms with Gasteiger partial charge in [-0.15, -0.1) is 0 Å². The number of fused-ring (bicyclic) bond motifs is 1. The van der Waals surface area contributed by atoms with Gasteiger partial charge in [0.2, 0.25) is 6.79 Å². The molecule has 0 radical (unpaired) electrons. The number of carbonyl (C=O) groups excluding carboxylic acids is 2. The fourth-order valence-corrected chi connectivity index (χ4v) is 4.33. The van der Waals surface area contributed by atoms with E-state index in [4.69, 9.17) is 9.47 Å². The zero-order chi connectivity index (χ0) is 23.9. The van der Waals surface area contributed by atoms with Crippen molar-refractivity contribution in [2.24, 2.45) is 5.92 Å². The second kappa shape index (κ2) is 8.58.